The summed E-state index contributed by atoms with van der Waals surface area (Å²) in [7, 11) is 0. The number of nitrogens with one attached hydrogen (secondary N) is 1. The Kier molecular flexibility index (Phi) is 3.10. The molecule has 2 aromatic rings. The van der Waals surface area contributed by atoms with Gasteiger partial charge >= 0.3 is 5.13 Å². The van der Waals surface area contributed by atoms with Crippen molar-refractivity contribution in [3.8, 4) is 17.0 Å². The monoisotopic (exact) mass is 235 g/mol. The fourth-order valence-corrected chi connectivity index (χ4v) is 2.37. The van der Waals surface area contributed by atoms with Crippen LogP contribution in [0.4, 0.5) is 5.13 Å². The van der Waals surface area contributed by atoms with Crippen LogP contribution < -0.4 is 15.5 Å². The zero-order valence-corrected chi connectivity index (χ0v) is 10.2. The maximum absolute atomic E-state index is 5.73. The van der Waals surface area contributed by atoms with Crippen molar-refractivity contribution in [1.82, 2.24) is 0 Å². The third kappa shape index (κ3) is 2.17. The smallest absolute Gasteiger partial charge is 0.330 e. The normalized spacial score (nSPS) is 10.4. The highest BCUT2D eigenvalue weighted by Crippen LogP contribution is 2.26. The molecular formula is C12H15N2OS+. The molecule has 84 valence electrons. The van der Waals surface area contributed by atoms with Crippen LogP contribution in [-0.4, -0.2) is 6.61 Å². The number of hydrogen-bond donors (Lipinski definition) is 1. The number of nitrogens with two attached hydrogens (primary N) is 1. The van der Waals surface area contributed by atoms with Crippen LogP contribution in [0.25, 0.3) is 11.3 Å². The number of thiazole rings is 1. The van der Waals surface area contributed by atoms with Crippen LogP contribution in [0.15, 0.2) is 24.3 Å². The topological polar surface area (TPSA) is 49.4 Å². The van der Waals surface area contributed by atoms with Gasteiger partial charge in [-0.25, -0.2) is 4.98 Å². The average Bonchev–Trinajstić information content (AvgIpc) is 2.59. The molecule has 1 aromatic carbocycles. The van der Waals surface area contributed by atoms with Crippen molar-refractivity contribution in [3.05, 3.63) is 29.1 Å². The van der Waals surface area contributed by atoms with Gasteiger partial charge in [-0.3, -0.25) is 5.73 Å². The van der Waals surface area contributed by atoms with Crippen LogP contribution in [-0.2, 0) is 0 Å². The zero-order chi connectivity index (χ0) is 11.5. The van der Waals surface area contributed by atoms with Gasteiger partial charge in [0.2, 0.25) is 0 Å². The molecule has 3 N–H and O–H groups in total. The molecule has 0 atom stereocenters. The van der Waals surface area contributed by atoms with E-state index < -0.39 is 0 Å². The Bertz CT molecular complexity index is 476. The summed E-state index contributed by atoms with van der Waals surface area (Å²) < 4.78 is 5.40. The second-order valence-corrected chi connectivity index (χ2v) is 4.74. The summed E-state index contributed by atoms with van der Waals surface area (Å²) in [6.07, 6.45) is 0. The van der Waals surface area contributed by atoms with E-state index in [9.17, 15) is 0 Å². The van der Waals surface area contributed by atoms with Crippen LogP contribution in [0, 0.1) is 6.92 Å². The third-order valence-corrected chi connectivity index (χ3v) is 3.15. The quantitative estimate of drug-likeness (QED) is 0.888. The van der Waals surface area contributed by atoms with E-state index >= 15 is 0 Å². The summed E-state index contributed by atoms with van der Waals surface area (Å²) in [6.45, 7) is 4.73. The van der Waals surface area contributed by atoms with Gasteiger partial charge in [0.05, 0.1) is 11.5 Å². The van der Waals surface area contributed by atoms with Gasteiger partial charge in [0, 0.05) is 5.56 Å². The van der Waals surface area contributed by atoms with Crippen LogP contribution in [0.2, 0.25) is 0 Å². The molecule has 3 nitrogen and oxygen atoms in total. The first-order valence-electron chi connectivity index (χ1n) is 5.22. The van der Waals surface area contributed by atoms with Gasteiger partial charge in [0.1, 0.15) is 11.4 Å². The van der Waals surface area contributed by atoms with Gasteiger partial charge < -0.3 is 4.74 Å². The zero-order valence-electron chi connectivity index (χ0n) is 9.41. The molecule has 0 amide bonds. The molecule has 0 aliphatic rings. The highest BCUT2D eigenvalue weighted by Gasteiger charge is 2.11. The number of aromatic nitrogens is 1. The van der Waals surface area contributed by atoms with Crippen molar-refractivity contribution in [1.29, 1.82) is 0 Å². The second-order valence-electron chi connectivity index (χ2n) is 3.48. The number of rotatable bonds is 3. The highest BCUT2D eigenvalue weighted by atomic mass is 32.1. The van der Waals surface area contributed by atoms with Crippen molar-refractivity contribution in [2.45, 2.75) is 13.8 Å². The highest BCUT2D eigenvalue weighted by molar-refractivity contribution is 7.15. The van der Waals surface area contributed by atoms with Gasteiger partial charge in [-0.05, 0) is 38.1 Å². The minimum Gasteiger partial charge on any atom is -0.494 e. The Morgan fingerprint density at radius 2 is 2.00 bits per heavy atom. The van der Waals surface area contributed by atoms with Gasteiger partial charge in [-0.1, -0.05) is 11.3 Å². The largest absolute Gasteiger partial charge is 0.494 e. The third-order valence-electron chi connectivity index (χ3n) is 2.32. The van der Waals surface area contributed by atoms with E-state index in [1.165, 1.54) is 4.88 Å². The molecular weight excluding hydrogens is 220 g/mol. The molecule has 0 radical (unpaired) electrons. The average molecular weight is 235 g/mol. The van der Waals surface area contributed by atoms with E-state index in [1.54, 1.807) is 11.3 Å². The van der Waals surface area contributed by atoms with Crippen molar-refractivity contribution in [2.24, 2.45) is 0 Å². The summed E-state index contributed by atoms with van der Waals surface area (Å²) in [4.78, 5) is 4.36. The van der Waals surface area contributed by atoms with E-state index in [1.807, 2.05) is 31.2 Å². The minimum atomic E-state index is 0.690. The molecule has 0 unspecified atom stereocenters. The van der Waals surface area contributed by atoms with Crippen LogP contribution in [0.5, 0.6) is 5.75 Å². The van der Waals surface area contributed by atoms with E-state index in [0.717, 1.165) is 22.1 Å². The lowest BCUT2D eigenvalue weighted by Gasteiger charge is -2.03. The number of ether oxygens (including phenoxy) is 1. The predicted octanol–water partition coefficient (Wildman–Crippen LogP) is 2.52. The summed E-state index contributed by atoms with van der Waals surface area (Å²) in [5, 5.41) is 0.737. The number of H-pyrrole nitrogens is 1. The molecule has 0 bridgehead atoms. The van der Waals surface area contributed by atoms with Crippen molar-refractivity contribution >= 4 is 16.5 Å². The molecule has 1 heterocycles. The SMILES string of the molecule is CCOc1ccc(-c2[nH+]c(N)sc2C)cc1. The Balaban J connectivity index is 2.31. The maximum Gasteiger partial charge on any atom is 0.330 e. The molecule has 0 aliphatic heterocycles. The molecule has 0 fully saturated rings. The minimum absolute atomic E-state index is 0.690. The Labute approximate surface area is 98.9 Å². The Morgan fingerprint density at radius 3 is 2.50 bits per heavy atom. The summed E-state index contributed by atoms with van der Waals surface area (Å²) in [6, 6.07) is 8.02. The summed E-state index contributed by atoms with van der Waals surface area (Å²) >= 11 is 1.57. The lowest BCUT2D eigenvalue weighted by molar-refractivity contribution is -0.340. The number of benzene rings is 1. The lowest BCUT2D eigenvalue weighted by Crippen LogP contribution is -2.07. The first-order chi connectivity index (χ1) is 7.70. The van der Waals surface area contributed by atoms with Crippen molar-refractivity contribution in [3.63, 3.8) is 0 Å². The first kappa shape index (κ1) is 11.0. The molecule has 0 aliphatic carbocycles. The van der Waals surface area contributed by atoms with E-state index in [4.69, 9.17) is 10.5 Å². The number of nitrogen functional groups attached to an aromatic ring is 1. The summed E-state index contributed by atoms with van der Waals surface area (Å²) in [5.74, 6) is 0.895. The second kappa shape index (κ2) is 4.53. The standard InChI is InChI=1S/C12H14N2OS/c1-3-15-10-6-4-9(5-7-10)11-8(2)16-12(13)14-11/h4-7H,3H2,1-2H3,(H2,13,14)/p+1. The van der Waals surface area contributed by atoms with Crippen molar-refractivity contribution in [2.75, 3.05) is 12.3 Å². The number of aryl methyl sites for hydroxylation is 1. The molecule has 0 spiro atoms. The molecule has 16 heavy (non-hydrogen) atoms. The van der Waals surface area contributed by atoms with E-state index in [0.29, 0.717) is 6.61 Å². The van der Waals surface area contributed by atoms with Gasteiger partial charge in [-0.15, -0.1) is 0 Å². The van der Waals surface area contributed by atoms with E-state index in [-0.39, 0.29) is 0 Å². The van der Waals surface area contributed by atoms with Crippen molar-refractivity contribution < 1.29 is 9.72 Å². The number of aromatic amines is 1. The summed E-state index contributed by atoms with van der Waals surface area (Å²) in [5.41, 5.74) is 7.95. The molecule has 0 saturated carbocycles. The van der Waals surface area contributed by atoms with Gasteiger partial charge in [-0.2, -0.15) is 0 Å². The molecule has 2 rings (SSSR count). The van der Waals surface area contributed by atoms with Crippen LogP contribution in [0.1, 0.15) is 11.8 Å². The van der Waals surface area contributed by atoms with Crippen LogP contribution >= 0.6 is 11.3 Å². The number of anilines is 1. The fourth-order valence-electron chi connectivity index (χ4n) is 1.61. The maximum atomic E-state index is 5.73. The lowest BCUT2D eigenvalue weighted by atomic mass is 10.1. The van der Waals surface area contributed by atoms with Gasteiger partial charge in [0.25, 0.3) is 0 Å². The fraction of sp³-hybridized carbons (Fsp3) is 0.250. The van der Waals surface area contributed by atoms with Gasteiger partial charge in [0.15, 0.2) is 0 Å². The van der Waals surface area contributed by atoms with E-state index in [2.05, 4.69) is 11.9 Å². The first-order valence-corrected chi connectivity index (χ1v) is 6.03. The Hall–Kier alpha value is -1.55. The molecule has 0 saturated heterocycles. The number of hydrogen-bond acceptors (Lipinski definition) is 3. The van der Waals surface area contributed by atoms with Crippen LogP contribution in [0.3, 0.4) is 0 Å². The molecule has 1 aromatic heterocycles. The Morgan fingerprint density at radius 1 is 1.31 bits per heavy atom. The molecule has 4 heteroatoms. The predicted molar refractivity (Wildman–Crippen MR) is 66.6 cm³/mol.